The van der Waals surface area contributed by atoms with Crippen molar-refractivity contribution in [2.75, 3.05) is 63.2 Å². The summed E-state index contributed by atoms with van der Waals surface area (Å²) in [7, 11) is 0. The Labute approximate surface area is 184 Å². The van der Waals surface area contributed by atoms with E-state index in [-0.39, 0.29) is 12.1 Å². The van der Waals surface area contributed by atoms with E-state index >= 15 is 0 Å². The average molecular weight is 439 g/mol. The molecule has 0 aromatic carbocycles. The summed E-state index contributed by atoms with van der Waals surface area (Å²) in [6, 6.07) is 0. The fourth-order valence-corrected chi connectivity index (χ4v) is 4.06. The third kappa shape index (κ3) is 3.99. The van der Waals surface area contributed by atoms with E-state index in [0.29, 0.717) is 75.0 Å². The molecule has 0 aliphatic carbocycles. The van der Waals surface area contributed by atoms with Crippen LogP contribution in [0.3, 0.4) is 0 Å². The Hall–Kier alpha value is -3.22. The molecule has 3 aromatic heterocycles. The van der Waals surface area contributed by atoms with Gasteiger partial charge in [-0.2, -0.15) is 0 Å². The minimum absolute atomic E-state index is 0.114. The van der Waals surface area contributed by atoms with Gasteiger partial charge >= 0.3 is 0 Å². The van der Waals surface area contributed by atoms with Gasteiger partial charge in [-0.15, -0.1) is 0 Å². The predicted octanol–water partition coefficient (Wildman–Crippen LogP) is 0.122. The summed E-state index contributed by atoms with van der Waals surface area (Å²) >= 11 is 0. The maximum atomic E-state index is 11.0. The Bertz CT molecular complexity index is 1080. The summed E-state index contributed by atoms with van der Waals surface area (Å²) in [5.41, 5.74) is 7.74. The standard InChI is InChI=1S/C20H25N9O3/c21-20-22-10-14(11-23-20)17-25-18(28-4-7-31-8-5-28)16-19(26-17)29(13-24-16)15-12-32-9-3-27(15)2-1-6-30/h6,10-11,13,15H,1-5,7-9,12H2,(H2,21,22,23). The highest BCUT2D eigenvalue weighted by Gasteiger charge is 2.28. The molecule has 2 aliphatic heterocycles. The first kappa shape index (κ1) is 20.7. The molecule has 0 radical (unpaired) electrons. The number of aromatic nitrogens is 6. The maximum absolute atomic E-state index is 11.0. The number of nitrogens with two attached hydrogens (primary N) is 1. The lowest BCUT2D eigenvalue weighted by atomic mass is 10.3. The zero-order valence-electron chi connectivity index (χ0n) is 17.6. The average Bonchev–Trinajstić information content (AvgIpc) is 3.27. The SMILES string of the molecule is Nc1ncc(-c2nc(N3CCOCC3)c3ncn(C4COCCN4CCC=O)c3n2)cn1. The van der Waals surface area contributed by atoms with Crippen LogP contribution in [-0.4, -0.2) is 93.3 Å². The number of imidazole rings is 1. The minimum atomic E-state index is -0.114. The molecule has 0 spiro atoms. The largest absolute Gasteiger partial charge is 0.378 e. The highest BCUT2D eigenvalue weighted by atomic mass is 16.5. The third-order valence-electron chi connectivity index (χ3n) is 5.71. The third-order valence-corrected chi connectivity index (χ3v) is 5.71. The Balaban J connectivity index is 1.62. The first-order chi connectivity index (χ1) is 15.7. The molecular weight excluding hydrogens is 414 g/mol. The molecule has 2 fully saturated rings. The van der Waals surface area contributed by atoms with Gasteiger partial charge in [0.1, 0.15) is 12.5 Å². The lowest BCUT2D eigenvalue weighted by molar-refractivity contribution is -0.109. The van der Waals surface area contributed by atoms with Crippen LogP contribution in [0.1, 0.15) is 12.6 Å². The van der Waals surface area contributed by atoms with Crippen LogP contribution >= 0.6 is 0 Å². The summed E-state index contributed by atoms with van der Waals surface area (Å²) in [5.74, 6) is 1.44. The monoisotopic (exact) mass is 439 g/mol. The van der Waals surface area contributed by atoms with E-state index in [1.54, 1.807) is 18.7 Å². The molecular formula is C20H25N9O3. The van der Waals surface area contributed by atoms with E-state index < -0.39 is 0 Å². The highest BCUT2D eigenvalue weighted by Crippen LogP contribution is 2.30. The van der Waals surface area contributed by atoms with E-state index in [1.807, 2.05) is 4.57 Å². The Kier molecular flexibility index (Phi) is 5.88. The topological polar surface area (TPSA) is 137 Å². The van der Waals surface area contributed by atoms with Gasteiger partial charge in [-0.3, -0.25) is 9.47 Å². The van der Waals surface area contributed by atoms with Gasteiger partial charge in [0, 0.05) is 45.0 Å². The molecule has 2 saturated heterocycles. The molecule has 2 aliphatic rings. The zero-order chi connectivity index (χ0) is 21.9. The van der Waals surface area contributed by atoms with E-state index in [2.05, 4.69) is 24.8 Å². The number of nitrogens with zero attached hydrogens (tertiary/aromatic N) is 8. The van der Waals surface area contributed by atoms with Crippen molar-refractivity contribution < 1.29 is 14.3 Å². The normalized spacial score (nSPS) is 20.0. The summed E-state index contributed by atoms with van der Waals surface area (Å²) < 4.78 is 13.3. The van der Waals surface area contributed by atoms with Gasteiger partial charge in [-0.05, 0) is 0 Å². The Morgan fingerprint density at radius 3 is 2.62 bits per heavy atom. The Morgan fingerprint density at radius 2 is 1.84 bits per heavy atom. The lowest BCUT2D eigenvalue weighted by Gasteiger charge is -2.36. The van der Waals surface area contributed by atoms with Crippen molar-refractivity contribution in [2.24, 2.45) is 0 Å². The number of hydrogen-bond donors (Lipinski definition) is 1. The Morgan fingerprint density at radius 1 is 1.06 bits per heavy atom. The number of hydrogen-bond acceptors (Lipinski definition) is 11. The number of carbonyl (C=O) groups is 1. The second-order valence-electron chi connectivity index (χ2n) is 7.67. The number of aldehydes is 1. The quantitative estimate of drug-likeness (QED) is 0.524. The molecule has 12 heteroatoms. The second kappa shape index (κ2) is 9.10. The fraction of sp³-hybridized carbons (Fsp3) is 0.500. The van der Waals surface area contributed by atoms with Crippen LogP contribution in [0, 0.1) is 0 Å². The zero-order valence-corrected chi connectivity index (χ0v) is 17.6. The first-order valence-electron chi connectivity index (χ1n) is 10.6. The van der Waals surface area contributed by atoms with Crippen LogP contribution in [0.4, 0.5) is 11.8 Å². The van der Waals surface area contributed by atoms with E-state index in [4.69, 9.17) is 25.2 Å². The van der Waals surface area contributed by atoms with Crippen molar-refractivity contribution in [2.45, 2.75) is 12.6 Å². The van der Waals surface area contributed by atoms with Crippen LogP contribution in [0.15, 0.2) is 18.7 Å². The van der Waals surface area contributed by atoms with Crippen LogP contribution in [0.2, 0.25) is 0 Å². The fourth-order valence-electron chi connectivity index (χ4n) is 4.06. The minimum Gasteiger partial charge on any atom is -0.378 e. The molecule has 3 aromatic rings. The molecule has 0 bridgehead atoms. The van der Waals surface area contributed by atoms with E-state index in [9.17, 15) is 4.79 Å². The van der Waals surface area contributed by atoms with Gasteiger partial charge in [0.25, 0.3) is 0 Å². The van der Waals surface area contributed by atoms with Gasteiger partial charge in [-0.1, -0.05) is 0 Å². The number of ether oxygens (including phenoxy) is 2. The van der Waals surface area contributed by atoms with Crippen LogP contribution in [0.25, 0.3) is 22.6 Å². The molecule has 12 nitrogen and oxygen atoms in total. The number of nitrogen functional groups attached to an aromatic ring is 1. The maximum Gasteiger partial charge on any atom is 0.219 e. The number of carbonyl (C=O) groups excluding carboxylic acids is 1. The van der Waals surface area contributed by atoms with Crippen LogP contribution < -0.4 is 10.6 Å². The van der Waals surface area contributed by atoms with Gasteiger partial charge in [-0.25, -0.2) is 24.9 Å². The molecule has 2 N–H and O–H groups in total. The molecule has 5 heterocycles. The second-order valence-corrected chi connectivity index (χ2v) is 7.67. The van der Waals surface area contributed by atoms with Crippen molar-refractivity contribution >= 4 is 29.2 Å². The number of rotatable bonds is 6. The van der Waals surface area contributed by atoms with Crippen LogP contribution in [-0.2, 0) is 14.3 Å². The van der Waals surface area contributed by atoms with Crippen LogP contribution in [0.5, 0.6) is 0 Å². The number of fused-ring (bicyclic) bond motifs is 1. The highest BCUT2D eigenvalue weighted by molar-refractivity contribution is 5.85. The molecule has 168 valence electrons. The molecule has 0 saturated carbocycles. The summed E-state index contributed by atoms with van der Waals surface area (Å²) in [4.78, 5) is 37.9. The predicted molar refractivity (Wildman–Crippen MR) is 116 cm³/mol. The molecule has 0 amide bonds. The molecule has 1 unspecified atom stereocenters. The lowest BCUT2D eigenvalue weighted by Crippen LogP contribution is -2.43. The van der Waals surface area contributed by atoms with E-state index in [0.717, 1.165) is 18.6 Å². The smallest absolute Gasteiger partial charge is 0.219 e. The van der Waals surface area contributed by atoms with Crippen molar-refractivity contribution in [3.63, 3.8) is 0 Å². The summed E-state index contributed by atoms with van der Waals surface area (Å²) in [6.07, 6.45) is 6.30. The molecule has 5 rings (SSSR count). The number of anilines is 2. The van der Waals surface area contributed by atoms with Gasteiger partial charge in [0.15, 0.2) is 22.8 Å². The van der Waals surface area contributed by atoms with Crippen molar-refractivity contribution in [1.82, 2.24) is 34.4 Å². The summed E-state index contributed by atoms with van der Waals surface area (Å²) in [5, 5.41) is 0. The first-order valence-corrected chi connectivity index (χ1v) is 10.6. The van der Waals surface area contributed by atoms with Gasteiger partial charge < -0.3 is 24.9 Å². The molecule has 32 heavy (non-hydrogen) atoms. The van der Waals surface area contributed by atoms with E-state index in [1.165, 1.54) is 0 Å². The number of morpholine rings is 2. The van der Waals surface area contributed by atoms with Crippen molar-refractivity contribution in [3.05, 3.63) is 18.7 Å². The van der Waals surface area contributed by atoms with Crippen molar-refractivity contribution in [3.8, 4) is 11.4 Å². The van der Waals surface area contributed by atoms with Crippen molar-refractivity contribution in [1.29, 1.82) is 0 Å². The van der Waals surface area contributed by atoms with Gasteiger partial charge in [0.2, 0.25) is 5.95 Å². The molecule has 1 atom stereocenters. The summed E-state index contributed by atoms with van der Waals surface area (Å²) in [6.45, 7) is 5.19. The van der Waals surface area contributed by atoms with Gasteiger partial charge in [0.05, 0.1) is 38.3 Å².